The molecule has 0 aliphatic heterocycles. The first-order valence-electron chi connectivity index (χ1n) is 6.66. The summed E-state index contributed by atoms with van der Waals surface area (Å²) in [6, 6.07) is 10.9. The Bertz CT molecular complexity index is 766. The Morgan fingerprint density at radius 2 is 1.43 bits per heavy atom. The van der Waals surface area contributed by atoms with E-state index in [4.69, 9.17) is 5.73 Å². The number of hydrogen-bond acceptors (Lipinski definition) is 3. The van der Waals surface area contributed by atoms with E-state index in [1.807, 2.05) is 25.1 Å². The van der Waals surface area contributed by atoms with Crippen molar-refractivity contribution in [2.75, 3.05) is 17.1 Å². The molecule has 2 rings (SSSR count). The van der Waals surface area contributed by atoms with Crippen LogP contribution in [0.2, 0.25) is 0 Å². The van der Waals surface area contributed by atoms with Crippen molar-refractivity contribution < 1.29 is 8.42 Å². The molecule has 0 aliphatic rings. The lowest BCUT2D eigenvalue weighted by atomic mass is 10.1. The van der Waals surface area contributed by atoms with Crippen LogP contribution in [0.25, 0.3) is 0 Å². The molecule has 0 bridgehead atoms. The standard InChI is InChI=1S/C16H20N2O2S/c1-11-5-9-14(10-6-11)18(4)21(19,20)16-13(3)8-7-12(2)15(16)17/h5-10H,17H2,1-4H3. The van der Waals surface area contributed by atoms with Crippen LogP contribution in [0.5, 0.6) is 0 Å². The third-order valence-electron chi connectivity index (χ3n) is 3.63. The van der Waals surface area contributed by atoms with Gasteiger partial charge in [-0.3, -0.25) is 4.31 Å². The minimum absolute atomic E-state index is 0.186. The first kappa shape index (κ1) is 15.4. The SMILES string of the molecule is Cc1ccc(N(C)S(=O)(=O)c2c(C)ccc(C)c2N)cc1. The largest absolute Gasteiger partial charge is 0.397 e. The van der Waals surface area contributed by atoms with Gasteiger partial charge in [-0.1, -0.05) is 29.8 Å². The van der Waals surface area contributed by atoms with Crippen LogP contribution in [-0.4, -0.2) is 15.5 Å². The first-order chi connectivity index (χ1) is 9.75. The van der Waals surface area contributed by atoms with E-state index >= 15 is 0 Å². The van der Waals surface area contributed by atoms with Gasteiger partial charge in [0.2, 0.25) is 0 Å². The number of aryl methyl sites for hydroxylation is 3. The molecule has 2 N–H and O–H groups in total. The number of hydrogen-bond donors (Lipinski definition) is 1. The molecule has 21 heavy (non-hydrogen) atoms. The number of nitrogen functional groups attached to an aromatic ring is 1. The molecule has 0 saturated heterocycles. The summed E-state index contributed by atoms with van der Waals surface area (Å²) in [5.41, 5.74) is 9.42. The second kappa shape index (κ2) is 5.41. The van der Waals surface area contributed by atoms with Gasteiger partial charge in [0.1, 0.15) is 4.90 Å². The molecule has 0 saturated carbocycles. The molecule has 0 aliphatic carbocycles. The van der Waals surface area contributed by atoms with Crippen molar-refractivity contribution in [3.05, 3.63) is 53.1 Å². The van der Waals surface area contributed by atoms with E-state index in [0.29, 0.717) is 16.9 Å². The molecular weight excluding hydrogens is 284 g/mol. The zero-order valence-electron chi connectivity index (χ0n) is 12.7. The lowest BCUT2D eigenvalue weighted by molar-refractivity contribution is 0.594. The second-order valence-electron chi connectivity index (χ2n) is 5.25. The Morgan fingerprint density at radius 3 is 2.00 bits per heavy atom. The molecular formula is C16H20N2O2S. The van der Waals surface area contributed by atoms with Gasteiger partial charge in [-0.05, 0) is 44.0 Å². The predicted octanol–water partition coefficient (Wildman–Crippen LogP) is 3.02. The van der Waals surface area contributed by atoms with E-state index in [-0.39, 0.29) is 4.90 Å². The first-order valence-corrected chi connectivity index (χ1v) is 8.10. The number of benzene rings is 2. The Balaban J connectivity index is 2.57. The van der Waals surface area contributed by atoms with Crippen LogP contribution in [0.4, 0.5) is 11.4 Å². The normalized spacial score (nSPS) is 11.4. The van der Waals surface area contributed by atoms with Gasteiger partial charge in [0.25, 0.3) is 10.0 Å². The van der Waals surface area contributed by atoms with Crippen LogP contribution in [0.1, 0.15) is 16.7 Å². The fraction of sp³-hybridized carbons (Fsp3) is 0.250. The molecule has 0 amide bonds. The zero-order chi connectivity index (χ0) is 15.8. The summed E-state index contributed by atoms with van der Waals surface area (Å²) in [5.74, 6) is 0. The van der Waals surface area contributed by atoms with Crippen molar-refractivity contribution in [2.45, 2.75) is 25.7 Å². The van der Waals surface area contributed by atoms with E-state index in [0.717, 1.165) is 11.1 Å². The summed E-state index contributed by atoms with van der Waals surface area (Å²) in [5, 5.41) is 0. The molecule has 0 atom stereocenters. The Hall–Kier alpha value is -2.01. The Labute approximate surface area is 126 Å². The molecule has 0 spiro atoms. The van der Waals surface area contributed by atoms with Crippen LogP contribution in [0.15, 0.2) is 41.3 Å². The van der Waals surface area contributed by atoms with E-state index in [1.54, 1.807) is 39.1 Å². The van der Waals surface area contributed by atoms with Crippen molar-refractivity contribution in [2.24, 2.45) is 0 Å². The lowest BCUT2D eigenvalue weighted by Gasteiger charge is -2.22. The second-order valence-corrected chi connectivity index (χ2v) is 7.16. The van der Waals surface area contributed by atoms with Crippen LogP contribution >= 0.6 is 0 Å². The van der Waals surface area contributed by atoms with Crippen molar-refractivity contribution in [1.29, 1.82) is 0 Å². The van der Waals surface area contributed by atoms with E-state index < -0.39 is 10.0 Å². The number of rotatable bonds is 3. The van der Waals surface area contributed by atoms with Gasteiger partial charge in [-0.15, -0.1) is 0 Å². The third-order valence-corrected chi connectivity index (χ3v) is 5.62. The van der Waals surface area contributed by atoms with Gasteiger partial charge in [0, 0.05) is 7.05 Å². The summed E-state index contributed by atoms with van der Waals surface area (Å²) in [4.78, 5) is 0.186. The molecule has 112 valence electrons. The molecule has 0 unspecified atom stereocenters. The molecule has 5 heteroatoms. The van der Waals surface area contributed by atoms with Crippen LogP contribution in [0, 0.1) is 20.8 Å². The van der Waals surface area contributed by atoms with Gasteiger partial charge in [0.05, 0.1) is 11.4 Å². The molecule has 0 heterocycles. The van der Waals surface area contributed by atoms with Crippen molar-refractivity contribution in [3.63, 3.8) is 0 Å². The predicted molar refractivity (Wildman–Crippen MR) is 87.1 cm³/mol. The number of sulfonamides is 1. The van der Waals surface area contributed by atoms with Gasteiger partial charge in [0.15, 0.2) is 0 Å². The quantitative estimate of drug-likeness (QED) is 0.887. The summed E-state index contributed by atoms with van der Waals surface area (Å²) in [7, 11) is -2.14. The maximum Gasteiger partial charge on any atom is 0.266 e. The van der Waals surface area contributed by atoms with E-state index in [9.17, 15) is 8.42 Å². The maximum atomic E-state index is 12.9. The van der Waals surface area contributed by atoms with Crippen LogP contribution in [-0.2, 0) is 10.0 Å². The molecule has 0 aromatic heterocycles. The summed E-state index contributed by atoms with van der Waals surface area (Å²) < 4.78 is 27.0. The Morgan fingerprint density at radius 1 is 0.905 bits per heavy atom. The fourth-order valence-corrected chi connectivity index (χ4v) is 3.77. The highest BCUT2D eigenvalue weighted by Gasteiger charge is 2.26. The van der Waals surface area contributed by atoms with Crippen molar-refractivity contribution in [1.82, 2.24) is 0 Å². The molecule has 0 radical (unpaired) electrons. The minimum atomic E-state index is -3.68. The average Bonchev–Trinajstić information content (AvgIpc) is 2.43. The molecule has 4 nitrogen and oxygen atoms in total. The van der Waals surface area contributed by atoms with Crippen LogP contribution < -0.4 is 10.0 Å². The smallest absolute Gasteiger partial charge is 0.266 e. The number of nitrogens with two attached hydrogens (primary N) is 1. The van der Waals surface area contributed by atoms with E-state index in [2.05, 4.69) is 0 Å². The molecule has 2 aromatic carbocycles. The Kier molecular flexibility index (Phi) is 3.96. The molecule has 0 fully saturated rings. The number of anilines is 2. The maximum absolute atomic E-state index is 12.9. The highest BCUT2D eigenvalue weighted by atomic mass is 32.2. The van der Waals surface area contributed by atoms with Gasteiger partial charge in [-0.25, -0.2) is 8.42 Å². The van der Waals surface area contributed by atoms with E-state index in [1.165, 1.54) is 4.31 Å². The zero-order valence-corrected chi connectivity index (χ0v) is 13.5. The van der Waals surface area contributed by atoms with Gasteiger partial charge < -0.3 is 5.73 Å². The minimum Gasteiger partial charge on any atom is -0.397 e. The average molecular weight is 304 g/mol. The molecule has 2 aromatic rings. The van der Waals surface area contributed by atoms with Crippen molar-refractivity contribution >= 4 is 21.4 Å². The highest BCUT2D eigenvalue weighted by Crippen LogP contribution is 2.30. The summed E-state index contributed by atoms with van der Waals surface area (Å²) in [6.07, 6.45) is 0. The van der Waals surface area contributed by atoms with Gasteiger partial charge in [-0.2, -0.15) is 0 Å². The lowest BCUT2D eigenvalue weighted by Crippen LogP contribution is -2.28. The highest BCUT2D eigenvalue weighted by molar-refractivity contribution is 7.93. The summed E-state index contributed by atoms with van der Waals surface area (Å²) >= 11 is 0. The van der Waals surface area contributed by atoms with Crippen LogP contribution in [0.3, 0.4) is 0 Å². The number of nitrogens with zero attached hydrogens (tertiary/aromatic N) is 1. The van der Waals surface area contributed by atoms with Gasteiger partial charge >= 0.3 is 0 Å². The monoisotopic (exact) mass is 304 g/mol. The fourth-order valence-electron chi connectivity index (χ4n) is 2.18. The summed E-state index contributed by atoms with van der Waals surface area (Å²) in [6.45, 7) is 5.52. The third kappa shape index (κ3) is 2.74. The van der Waals surface area contributed by atoms with Crippen molar-refractivity contribution in [3.8, 4) is 0 Å². The topological polar surface area (TPSA) is 63.4 Å².